The molecule has 0 saturated carbocycles. The Bertz CT molecular complexity index is 511. The molecule has 1 aromatic rings. The molecule has 3 rings (SSSR count). The van der Waals surface area contributed by atoms with E-state index >= 15 is 0 Å². The van der Waals surface area contributed by atoms with Crippen LogP contribution >= 0.6 is 0 Å². The first-order valence-corrected chi connectivity index (χ1v) is 6.21. The molecule has 2 aliphatic rings. The van der Waals surface area contributed by atoms with E-state index in [0.29, 0.717) is 13.2 Å². The Morgan fingerprint density at radius 1 is 1.22 bits per heavy atom. The van der Waals surface area contributed by atoms with Crippen molar-refractivity contribution in [3.05, 3.63) is 17.2 Å². The zero-order valence-electron chi connectivity index (χ0n) is 10.7. The van der Waals surface area contributed by atoms with Gasteiger partial charge < -0.3 is 20.1 Å². The molecule has 0 fully saturated rings. The van der Waals surface area contributed by atoms with Crippen LogP contribution in [0.4, 0.5) is 5.69 Å². The number of guanidine groups is 1. The lowest BCUT2D eigenvalue weighted by Gasteiger charge is -2.24. The van der Waals surface area contributed by atoms with E-state index in [1.807, 2.05) is 13.8 Å². The highest BCUT2D eigenvalue weighted by Gasteiger charge is 2.20. The number of hydrogen-bond acceptors (Lipinski definition) is 5. The molecule has 0 unspecified atom stereocenters. The first-order valence-electron chi connectivity index (χ1n) is 6.21. The van der Waals surface area contributed by atoms with Gasteiger partial charge in [0.05, 0.1) is 6.54 Å². The molecule has 0 atom stereocenters. The first-order chi connectivity index (χ1) is 8.75. The number of fused-ring (bicyclic) bond motifs is 1. The van der Waals surface area contributed by atoms with Crippen LogP contribution in [-0.2, 0) is 0 Å². The first kappa shape index (κ1) is 11.2. The van der Waals surface area contributed by atoms with Crippen LogP contribution in [0.1, 0.15) is 11.1 Å². The highest BCUT2D eigenvalue weighted by molar-refractivity contribution is 5.96. The van der Waals surface area contributed by atoms with Crippen molar-refractivity contribution in [3.8, 4) is 11.5 Å². The molecular weight excluding hydrogens is 230 g/mol. The largest absolute Gasteiger partial charge is 0.486 e. The summed E-state index contributed by atoms with van der Waals surface area (Å²) in [7, 11) is 0. The molecule has 2 aliphatic heterocycles. The number of benzene rings is 1. The molecule has 0 radical (unpaired) electrons. The second-order valence-corrected chi connectivity index (χ2v) is 4.50. The number of anilines is 1. The van der Waals surface area contributed by atoms with E-state index < -0.39 is 0 Å². The maximum absolute atomic E-state index is 5.71. The average molecular weight is 247 g/mol. The van der Waals surface area contributed by atoms with Gasteiger partial charge >= 0.3 is 0 Å². The molecule has 5 nitrogen and oxygen atoms in total. The van der Waals surface area contributed by atoms with E-state index in [1.165, 1.54) is 0 Å². The van der Waals surface area contributed by atoms with Crippen molar-refractivity contribution < 1.29 is 9.47 Å². The second-order valence-electron chi connectivity index (χ2n) is 4.50. The Balaban J connectivity index is 1.97. The van der Waals surface area contributed by atoms with E-state index in [9.17, 15) is 0 Å². The minimum Gasteiger partial charge on any atom is -0.486 e. The number of hydrogen-bond donors (Lipinski definition) is 2. The molecule has 0 bridgehead atoms. The zero-order chi connectivity index (χ0) is 12.5. The van der Waals surface area contributed by atoms with Crippen LogP contribution in [0.2, 0.25) is 0 Å². The normalized spacial score (nSPS) is 17.1. The van der Waals surface area contributed by atoms with Gasteiger partial charge in [0, 0.05) is 17.8 Å². The van der Waals surface area contributed by atoms with Crippen LogP contribution in [0.5, 0.6) is 11.5 Å². The maximum atomic E-state index is 5.71. The number of nitrogens with zero attached hydrogens (tertiary/aromatic N) is 1. The molecule has 5 heteroatoms. The lowest BCUT2D eigenvalue weighted by molar-refractivity contribution is 0.169. The SMILES string of the molecule is Cc1cc(NC2=NCCN2)c(C)c2c1OCCO2. The summed E-state index contributed by atoms with van der Waals surface area (Å²) in [5.74, 6) is 2.54. The summed E-state index contributed by atoms with van der Waals surface area (Å²) in [6, 6.07) is 2.07. The summed E-state index contributed by atoms with van der Waals surface area (Å²) < 4.78 is 11.4. The molecule has 0 aromatic heterocycles. The molecule has 0 spiro atoms. The Morgan fingerprint density at radius 2 is 2.00 bits per heavy atom. The minimum absolute atomic E-state index is 0.607. The van der Waals surface area contributed by atoms with Gasteiger partial charge in [-0.15, -0.1) is 0 Å². The van der Waals surface area contributed by atoms with Gasteiger partial charge in [0.25, 0.3) is 0 Å². The summed E-state index contributed by atoms with van der Waals surface area (Å²) >= 11 is 0. The van der Waals surface area contributed by atoms with Gasteiger partial charge in [0.15, 0.2) is 17.5 Å². The van der Waals surface area contributed by atoms with Gasteiger partial charge in [0.1, 0.15) is 13.2 Å². The third kappa shape index (κ3) is 1.85. The fourth-order valence-electron chi connectivity index (χ4n) is 2.24. The van der Waals surface area contributed by atoms with Gasteiger partial charge in [0.2, 0.25) is 0 Å². The monoisotopic (exact) mass is 247 g/mol. The van der Waals surface area contributed by atoms with Gasteiger partial charge in [-0.1, -0.05) is 0 Å². The summed E-state index contributed by atoms with van der Waals surface area (Å²) in [6.07, 6.45) is 0. The van der Waals surface area contributed by atoms with Crippen molar-refractivity contribution in [2.45, 2.75) is 13.8 Å². The van der Waals surface area contributed by atoms with E-state index in [-0.39, 0.29) is 0 Å². The lowest BCUT2D eigenvalue weighted by Crippen LogP contribution is -2.27. The van der Waals surface area contributed by atoms with E-state index in [2.05, 4.69) is 21.7 Å². The van der Waals surface area contributed by atoms with Gasteiger partial charge in [-0.25, -0.2) is 0 Å². The van der Waals surface area contributed by atoms with Crippen molar-refractivity contribution >= 4 is 11.6 Å². The van der Waals surface area contributed by atoms with E-state index in [4.69, 9.17) is 9.47 Å². The Morgan fingerprint density at radius 3 is 2.72 bits per heavy atom. The second kappa shape index (κ2) is 4.40. The predicted molar refractivity (Wildman–Crippen MR) is 70.8 cm³/mol. The number of ether oxygens (including phenoxy) is 2. The fraction of sp³-hybridized carbons (Fsp3) is 0.462. The predicted octanol–water partition coefficient (Wildman–Crippen LogP) is 1.45. The quantitative estimate of drug-likeness (QED) is 0.788. The molecule has 1 aromatic carbocycles. The number of aryl methyl sites for hydroxylation is 1. The Kier molecular flexibility index (Phi) is 2.74. The minimum atomic E-state index is 0.607. The molecule has 18 heavy (non-hydrogen) atoms. The number of rotatable bonds is 1. The van der Waals surface area contributed by atoms with Crippen molar-refractivity contribution in [2.75, 3.05) is 31.6 Å². The summed E-state index contributed by atoms with van der Waals surface area (Å²) in [5.41, 5.74) is 3.16. The van der Waals surface area contributed by atoms with Gasteiger partial charge in [-0.05, 0) is 25.5 Å². The van der Waals surface area contributed by atoms with Crippen LogP contribution in [0.3, 0.4) is 0 Å². The summed E-state index contributed by atoms with van der Waals surface area (Å²) in [5, 5.41) is 6.50. The standard InChI is InChI=1S/C13H17N3O2/c1-8-7-10(16-13-14-3-4-15-13)9(2)12-11(8)17-5-6-18-12/h7H,3-6H2,1-2H3,(H2,14,15,16). The average Bonchev–Trinajstić information content (AvgIpc) is 2.89. The lowest BCUT2D eigenvalue weighted by atomic mass is 10.1. The summed E-state index contributed by atoms with van der Waals surface area (Å²) in [4.78, 5) is 4.34. The van der Waals surface area contributed by atoms with Crippen LogP contribution in [0.15, 0.2) is 11.1 Å². The zero-order valence-corrected chi connectivity index (χ0v) is 10.7. The molecule has 0 aliphatic carbocycles. The fourth-order valence-corrected chi connectivity index (χ4v) is 2.24. The smallest absolute Gasteiger partial charge is 0.195 e. The Hall–Kier alpha value is -1.91. The third-order valence-electron chi connectivity index (χ3n) is 3.17. The number of aliphatic imine (C=N–C) groups is 1. The molecule has 0 amide bonds. The summed E-state index contributed by atoms with van der Waals surface area (Å²) in [6.45, 7) is 7.01. The van der Waals surface area contributed by atoms with Crippen molar-refractivity contribution in [3.63, 3.8) is 0 Å². The third-order valence-corrected chi connectivity index (χ3v) is 3.17. The Labute approximate surface area is 106 Å². The molecule has 96 valence electrons. The van der Waals surface area contributed by atoms with Gasteiger partial charge in [-0.3, -0.25) is 4.99 Å². The van der Waals surface area contributed by atoms with Gasteiger partial charge in [-0.2, -0.15) is 0 Å². The van der Waals surface area contributed by atoms with Crippen molar-refractivity contribution in [1.29, 1.82) is 0 Å². The number of nitrogens with one attached hydrogen (secondary N) is 2. The van der Waals surface area contributed by atoms with Crippen LogP contribution < -0.4 is 20.1 Å². The van der Waals surface area contributed by atoms with E-state index in [0.717, 1.165) is 47.4 Å². The van der Waals surface area contributed by atoms with Crippen molar-refractivity contribution in [2.24, 2.45) is 4.99 Å². The maximum Gasteiger partial charge on any atom is 0.195 e. The highest BCUT2D eigenvalue weighted by Crippen LogP contribution is 2.40. The van der Waals surface area contributed by atoms with Crippen LogP contribution in [0, 0.1) is 13.8 Å². The van der Waals surface area contributed by atoms with E-state index in [1.54, 1.807) is 0 Å². The van der Waals surface area contributed by atoms with Crippen LogP contribution in [-0.4, -0.2) is 32.3 Å². The molecular formula is C13H17N3O2. The molecule has 0 saturated heterocycles. The van der Waals surface area contributed by atoms with Crippen molar-refractivity contribution in [1.82, 2.24) is 5.32 Å². The highest BCUT2D eigenvalue weighted by atomic mass is 16.6. The molecule has 2 N–H and O–H groups in total. The van der Waals surface area contributed by atoms with Crippen LogP contribution in [0.25, 0.3) is 0 Å². The topological polar surface area (TPSA) is 54.9 Å². The molecule has 2 heterocycles.